The molecule has 0 aromatic heterocycles. The second-order valence-corrected chi connectivity index (χ2v) is 5.04. The minimum atomic E-state index is 0.149. The SMILES string of the molecule is CN1CCCC2C1CCN2C(=O)C1CN1. The van der Waals surface area contributed by atoms with Crippen LogP contribution in [0.3, 0.4) is 0 Å². The topological polar surface area (TPSA) is 45.5 Å². The lowest BCUT2D eigenvalue weighted by molar-refractivity contribution is -0.132. The third kappa shape index (κ3) is 1.56. The second kappa shape index (κ2) is 3.46. The standard InChI is InChI=1S/C11H19N3O/c1-13-5-2-3-10-9(13)4-6-14(10)11(15)8-7-12-8/h8-10,12H,2-7H2,1H3. The molecule has 1 amide bonds. The van der Waals surface area contributed by atoms with Gasteiger partial charge in [0.1, 0.15) is 0 Å². The molecule has 3 rings (SSSR count). The van der Waals surface area contributed by atoms with Crippen molar-refractivity contribution in [3.63, 3.8) is 0 Å². The Labute approximate surface area is 90.6 Å². The second-order valence-electron chi connectivity index (χ2n) is 5.04. The van der Waals surface area contributed by atoms with Gasteiger partial charge in [0.15, 0.2) is 0 Å². The number of likely N-dealkylation sites (N-methyl/N-ethyl adjacent to an activating group) is 1. The molecule has 0 bridgehead atoms. The van der Waals surface area contributed by atoms with Crippen molar-refractivity contribution in [2.75, 3.05) is 26.7 Å². The first-order valence-electron chi connectivity index (χ1n) is 6.01. The molecule has 3 fully saturated rings. The Balaban J connectivity index is 1.73. The largest absolute Gasteiger partial charge is 0.337 e. The number of rotatable bonds is 1. The zero-order valence-corrected chi connectivity index (χ0v) is 9.28. The van der Waals surface area contributed by atoms with Crippen LogP contribution >= 0.6 is 0 Å². The number of nitrogens with zero attached hydrogens (tertiary/aromatic N) is 2. The Morgan fingerprint density at radius 1 is 1.27 bits per heavy atom. The van der Waals surface area contributed by atoms with Crippen LogP contribution in [0.25, 0.3) is 0 Å². The number of carbonyl (C=O) groups is 1. The Bertz CT molecular complexity index is 277. The first-order valence-corrected chi connectivity index (χ1v) is 6.01. The van der Waals surface area contributed by atoms with Crippen LogP contribution in [0.15, 0.2) is 0 Å². The lowest BCUT2D eigenvalue weighted by atomic mass is 9.97. The average molecular weight is 209 g/mol. The number of piperidine rings is 1. The fourth-order valence-electron chi connectivity index (χ4n) is 3.12. The van der Waals surface area contributed by atoms with Gasteiger partial charge in [0, 0.05) is 25.2 Å². The lowest BCUT2D eigenvalue weighted by Crippen LogP contribution is -2.50. The molecule has 0 radical (unpaired) electrons. The maximum Gasteiger partial charge on any atom is 0.241 e. The van der Waals surface area contributed by atoms with Crippen LogP contribution in [0, 0.1) is 0 Å². The van der Waals surface area contributed by atoms with Gasteiger partial charge < -0.3 is 15.1 Å². The maximum atomic E-state index is 12.0. The molecule has 84 valence electrons. The number of carbonyl (C=O) groups excluding carboxylic acids is 1. The van der Waals surface area contributed by atoms with Gasteiger partial charge in [0.2, 0.25) is 5.91 Å². The Kier molecular flexibility index (Phi) is 2.21. The molecule has 3 aliphatic rings. The van der Waals surface area contributed by atoms with E-state index in [9.17, 15) is 4.79 Å². The number of hydrogen-bond donors (Lipinski definition) is 1. The molecule has 3 aliphatic heterocycles. The van der Waals surface area contributed by atoms with Crippen LogP contribution < -0.4 is 5.32 Å². The molecule has 3 unspecified atom stereocenters. The zero-order chi connectivity index (χ0) is 10.4. The normalized spacial score (nSPS) is 40.3. The fraction of sp³-hybridized carbons (Fsp3) is 0.909. The molecule has 3 saturated heterocycles. The Morgan fingerprint density at radius 3 is 2.80 bits per heavy atom. The molecule has 4 nitrogen and oxygen atoms in total. The Morgan fingerprint density at radius 2 is 2.07 bits per heavy atom. The van der Waals surface area contributed by atoms with Gasteiger partial charge in [0.25, 0.3) is 0 Å². The summed E-state index contributed by atoms with van der Waals surface area (Å²) in [5.74, 6) is 0.345. The highest BCUT2D eigenvalue weighted by molar-refractivity contribution is 5.85. The summed E-state index contributed by atoms with van der Waals surface area (Å²) in [4.78, 5) is 16.6. The molecule has 3 heterocycles. The molecule has 0 aliphatic carbocycles. The van der Waals surface area contributed by atoms with Gasteiger partial charge in [-0.1, -0.05) is 0 Å². The molecule has 0 saturated carbocycles. The van der Waals surface area contributed by atoms with Gasteiger partial charge in [-0.05, 0) is 32.9 Å². The van der Waals surface area contributed by atoms with E-state index in [1.165, 1.54) is 25.8 Å². The monoisotopic (exact) mass is 209 g/mol. The van der Waals surface area contributed by atoms with E-state index in [1.54, 1.807) is 0 Å². The van der Waals surface area contributed by atoms with Crippen LogP contribution in [0.4, 0.5) is 0 Å². The molecule has 0 aromatic rings. The summed E-state index contributed by atoms with van der Waals surface area (Å²) in [6.07, 6.45) is 3.60. The highest BCUT2D eigenvalue weighted by Gasteiger charge is 2.44. The van der Waals surface area contributed by atoms with Gasteiger partial charge in [-0.25, -0.2) is 0 Å². The first kappa shape index (κ1) is 9.60. The van der Waals surface area contributed by atoms with E-state index in [0.717, 1.165) is 13.1 Å². The van der Waals surface area contributed by atoms with E-state index in [1.807, 2.05) is 0 Å². The highest BCUT2D eigenvalue weighted by Crippen LogP contribution is 2.30. The van der Waals surface area contributed by atoms with E-state index in [4.69, 9.17) is 0 Å². The lowest BCUT2D eigenvalue weighted by Gasteiger charge is -2.37. The van der Waals surface area contributed by atoms with Crippen molar-refractivity contribution in [2.24, 2.45) is 0 Å². The summed E-state index contributed by atoms with van der Waals surface area (Å²) >= 11 is 0. The molecule has 1 N–H and O–H groups in total. The highest BCUT2D eigenvalue weighted by atomic mass is 16.2. The summed E-state index contributed by atoms with van der Waals surface area (Å²) < 4.78 is 0. The molecule has 3 atom stereocenters. The summed E-state index contributed by atoms with van der Waals surface area (Å²) in [6, 6.07) is 1.27. The van der Waals surface area contributed by atoms with E-state index >= 15 is 0 Å². The summed E-state index contributed by atoms with van der Waals surface area (Å²) in [6.45, 7) is 3.06. The van der Waals surface area contributed by atoms with Crippen molar-refractivity contribution in [3.8, 4) is 0 Å². The van der Waals surface area contributed by atoms with Crippen molar-refractivity contribution in [2.45, 2.75) is 37.4 Å². The fourth-order valence-corrected chi connectivity index (χ4v) is 3.12. The average Bonchev–Trinajstić information content (AvgIpc) is 2.98. The van der Waals surface area contributed by atoms with Gasteiger partial charge >= 0.3 is 0 Å². The van der Waals surface area contributed by atoms with Crippen molar-refractivity contribution in [3.05, 3.63) is 0 Å². The first-order chi connectivity index (χ1) is 7.27. The smallest absolute Gasteiger partial charge is 0.241 e. The van der Waals surface area contributed by atoms with Crippen LogP contribution in [-0.4, -0.2) is 60.5 Å². The van der Waals surface area contributed by atoms with Crippen molar-refractivity contribution < 1.29 is 4.79 Å². The van der Waals surface area contributed by atoms with Crippen LogP contribution in [0.2, 0.25) is 0 Å². The molecule has 15 heavy (non-hydrogen) atoms. The molecule has 0 aromatic carbocycles. The molecule has 4 heteroatoms. The minimum absolute atomic E-state index is 0.149. The van der Waals surface area contributed by atoms with E-state index in [0.29, 0.717) is 18.0 Å². The predicted molar refractivity (Wildman–Crippen MR) is 57.6 cm³/mol. The summed E-state index contributed by atoms with van der Waals surface area (Å²) in [5, 5.41) is 3.11. The van der Waals surface area contributed by atoms with Crippen molar-refractivity contribution in [1.29, 1.82) is 0 Å². The summed E-state index contributed by atoms with van der Waals surface area (Å²) in [7, 11) is 2.19. The summed E-state index contributed by atoms with van der Waals surface area (Å²) in [5.41, 5.74) is 0. The Hall–Kier alpha value is -0.610. The predicted octanol–water partition coefficient (Wildman–Crippen LogP) is -0.347. The number of amides is 1. The number of fused-ring (bicyclic) bond motifs is 1. The van der Waals surface area contributed by atoms with E-state index < -0.39 is 0 Å². The molecular weight excluding hydrogens is 190 g/mol. The van der Waals surface area contributed by atoms with Gasteiger partial charge in [-0.15, -0.1) is 0 Å². The maximum absolute atomic E-state index is 12.0. The van der Waals surface area contributed by atoms with E-state index in [-0.39, 0.29) is 6.04 Å². The third-order valence-electron chi connectivity index (χ3n) is 4.08. The number of likely N-dealkylation sites (tertiary alicyclic amines) is 2. The minimum Gasteiger partial charge on any atom is -0.337 e. The molecular formula is C11H19N3O. The molecule has 0 spiro atoms. The van der Waals surface area contributed by atoms with Crippen LogP contribution in [0.1, 0.15) is 19.3 Å². The van der Waals surface area contributed by atoms with Crippen LogP contribution in [-0.2, 0) is 4.79 Å². The third-order valence-corrected chi connectivity index (χ3v) is 4.08. The zero-order valence-electron chi connectivity index (χ0n) is 9.28. The van der Waals surface area contributed by atoms with Crippen molar-refractivity contribution in [1.82, 2.24) is 15.1 Å². The van der Waals surface area contributed by atoms with E-state index in [2.05, 4.69) is 22.2 Å². The van der Waals surface area contributed by atoms with Gasteiger partial charge in [-0.2, -0.15) is 0 Å². The van der Waals surface area contributed by atoms with Crippen LogP contribution in [0.5, 0.6) is 0 Å². The van der Waals surface area contributed by atoms with Crippen molar-refractivity contribution >= 4 is 5.91 Å². The number of hydrogen-bond acceptors (Lipinski definition) is 3. The quantitative estimate of drug-likeness (QED) is 0.601. The van der Waals surface area contributed by atoms with Gasteiger partial charge in [-0.3, -0.25) is 4.79 Å². The van der Waals surface area contributed by atoms with Gasteiger partial charge in [0.05, 0.1) is 6.04 Å². The number of nitrogens with one attached hydrogen (secondary N) is 1.